The Balaban J connectivity index is 1.87. The predicted molar refractivity (Wildman–Crippen MR) is 99.6 cm³/mol. The minimum atomic E-state index is -0.0700. The SMILES string of the molecule is CCCOCC(Cc1ccc(O)cc1)NC(=O)CCc1ccccc1. The summed E-state index contributed by atoms with van der Waals surface area (Å²) in [5, 5.41) is 12.5. The molecule has 0 saturated heterocycles. The maximum atomic E-state index is 12.3. The quantitative estimate of drug-likeness (QED) is 0.651. The average molecular weight is 341 g/mol. The highest BCUT2D eigenvalue weighted by molar-refractivity contribution is 5.76. The molecule has 0 aliphatic carbocycles. The van der Waals surface area contributed by atoms with Gasteiger partial charge in [-0.25, -0.2) is 0 Å². The van der Waals surface area contributed by atoms with Gasteiger partial charge in [0.25, 0.3) is 0 Å². The molecule has 2 N–H and O–H groups in total. The lowest BCUT2D eigenvalue weighted by Crippen LogP contribution is -2.40. The Morgan fingerprint density at radius 3 is 2.48 bits per heavy atom. The fourth-order valence-electron chi connectivity index (χ4n) is 2.64. The molecule has 1 atom stereocenters. The fraction of sp³-hybridized carbons (Fsp3) is 0.381. The first-order chi connectivity index (χ1) is 12.2. The van der Waals surface area contributed by atoms with Crippen LogP contribution in [0, 0.1) is 0 Å². The van der Waals surface area contributed by atoms with Crippen molar-refractivity contribution in [1.29, 1.82) is 0 Å². The lowest BCUT2D eigenvalue weighted by Gasteiger charge is -2.19. The van der Waals surface area contributed by atoms with E-state index in [1.165, 1.54) is 0 Å². The van der Waals surface area contributed by atoms with E-state index < -0.39 is 0 Å². The van der Waals surface area contributed by atoms with Crippen LogP contribution in [0.25, 0.3) is 0 Å². The Labute approximate surface area is 149 Å². The van der Waals surface area contributed by atoms with E-state index in [2.05, 4.69) is 12.2 Å². The molecule has 2 rings (SSSR count). The van der Waals surface area contributed by atoms with Crippen LogP contribution in [0.15, 0.2) is 54.6 Å². The van der Waals surface area contributed by atoms with Crippen molar-refractivity contribution in [2.24, 2.45) is 0 Å². The molecular weight excluding hydrogens is 314 g/mol. The molecule has 4 nitrogen and oxygen atoms in total. The maximum absolute atomic E-state index is 12.3. The third-order valence-electron chi connectivity index (χ3n) is 3.93. The first-order valence-corrected chi connectivity index (χ1v) is 8.86. The predicted octanol–water partition coefficient (Wildman–Crippen LogP) is 3.48. The molecule has 0 spiro atoms. The summed E-state index contributed by atoms with van der Waals surface area (Å²) in [7, 11) is 0. The minimum Gasteiger partial charge on any atom is -0.508 e. The van der Waals surface area contributed by atoms with Crippen molar-refractivity contribution in [3.63, 3.8) is 0 Å². The average Bonchev–Trinajstić information content (AvgIpc) is 2.63. The van der Waals surface area contributed by atoms with Crippen LogP contribution in [0.1, 0.15) is 30.9 Å². The molecule has 0 aromatic heterocycles. The van der Waals surface area contributed by atoms with Gasteiger partial charge in [-0.15, -0.1) is 0 Å². The number of carbonyl (C=O) groups is 1. The Morgan fingerprint density at radius 1 is 1.08 bits per heavy atom. The maximum Gasteiger partial charge on any atom is 0.220 e. The van der Waals surface area contributed by atoms with E-state index in [1.54, 1.807) is 12.1 Å². The van der Waals surface area contributed by atoms with Crippen molar-refractivity contribution in [2.75, 3.05) is 13.2 Å². The molecule has 0 aliphatic heterocycles. The van der Waals surface area contributed by atoms with Gasteiger partial charge in [0.15, 0.2) is 0 Å². The van der Waals surface area contributed by atoms with Crippen LogP contribution in [-0.2, 0) is 22.4 Å². The van der Waals surface area contributed by atoms with Gasteiger partial charge in [0, 0.05) is 13.0 Å². The number of ether oxygens (including phenoxy) is 1. The highest BCUT2D eigenvalue weighted by Gasteiger charge is 2.13. The summed E-state index contributed by atoms with van der Waals surface area (Å²) in [6.45, 7) is 3.24. The van der Waals surface area contributed by atoms with Gasteiger partial charge in [-0.05, 0) is 42.5 Å². The second-order valence-electron chi connectivity index (χ2n) is 6.20. The third-order valence-corrected chi connectivity index (χ3v) is 3.93. The summed E-state index contributed by atoms with van der Waals surface area (Å²) in [6.07, 6.45) is 2.83. The molecule has 2 aromatic carbocycles. The van der Waals surface area contributed by atoms with E-state index >= 15 is 0 Å². The zero-order valence-electron chi connectivity index (χ0n) is 14.8. The van der Waals surface area contributed by atoms with E-state index in [0.717, 1.165) is 24.0 Å². The van der Waals surface area contributed by atoms with Crippen LogP contribution in [0.4, 0.5) is 0 Å². The number of phenols is 1. The summed E-state index contributed by atoms with van der Waals surface area (Å²) in [5.41, 5.74) is 2.22. The summed E-state index contributed by atoms with van der Waals surface area (Å²) < 4.78 is 5.64. The zero-order chi connectivity index (χ0) is 17.9. The Bertz CT molecular complexity index is 625. The van der Waals surface area contributed by atoms with Gasteiger partial charge in [0.2, 0.25) is 5.91 Å². The minimum absolute atomic E-state index is 0.0349. The number of hydrogen-bond acceptors (Lipinski definition) is 3. The molecule has 1 amide bonds. The van der Waals surface area contributed by atoms with Crippen LogP contribution < -0.4 is 5.32 Å². The lowest BCUT2D eigenvalue weighted by atomic mass is 10.1. The molecule has 0 aliphatic rings. The van der Waals surface area contributed by atoms with Crippen LogP contribution >= 0.6 is 0 Å². The summed E-state index contributed by atoms with van der Waals surface area (Å²) in [5.74, 6) is 0.280. The van der Waals surface area contributed by atoms with Gasteiger partial charge in [0.1, 0.15) is 5.75 Å². The van der Waals surface area contributed by atoms with Gasteiger partial charge in [-0.1, -0.05) is 49.4 Å². The number of aromatic hydroxyl groups is 1. The summed E-state index contributed by atoms with van der Waals surface area (Å²) in [4.78, 5) is 12.3. The first kappa shape index (κ1) is 19.0. The molecule has 25 heavy (non-hydrogen) atoms. The van der Waals surface area contributed by atoms with E-state index in [-0.39, 0.29) is 17.7 Å². The number of rotatable bonds is 10. The molecule has 0 saturated carbocycles. The second kappa shape index (κ2) is 10.5. The molecule has 0 heterocycles. The van der Waals surface area contributed by atoms with Gasteiger partial charge in [-0.2, -0.15) is 0 Å². The Hall–Kier alpha value is -2.33. The molecule has 0 bridgehead atoms. The largest absolute Gasteiger partial charge is 0.508 e. The van der Waals surface area contributed by atoms with Crippen molar-refractivity contribution < 1.29 is 14.6 Å². The number of benzene rings is 2. The van der Waals surface area contributed by atoms with Crippen molar-refractivity contribution in [3.8, 4) is 5.75 Å². The summed E-state index contributed by atoms with van der Waals surface area (Å²) >= 11 is 0. The Kier molecular flexibility index (Phi) is 7.99. The second-order valence-corrected chi connectivity index (χ2v) is 6.20. The number of carbonyl (C=O) groups excluding carboxylic acids is 1. The standard InChI is InChI=1S/C21H27NO3/c1-2-14-25-16-19(15-18-8-11-20(23)12-9-18)22-21(24)13-10-17-6-4-3-5-7-17/h3-9,11-12,19,23H,2,10,13-16H2,1H3,(H,22,24). The van der Waals surface area contributed by atoms with Crippen molar-refractivity contribution in [2.45, 2.75) is 38.6 Å². The molecular formula is C21H27NO3. The monoisotopic (exact) mass is 341 g/mol. The number of nitrogens with one attached hydrogen (secondary N) is 1. The van der Waals surface area contributed by atoms with Crippen molar-refractivity contribution in [1.82, 2.24) is 5.32 Å². The van der Waals surface area contributed by atoms with Crippen LogP contribution in [0.3, 0.4) is 0 Å². The van der Waals surface area contributed by atoms with E-state index in [1.807, 2.05) is 42.5 Å². The smallest absolute Gasteiger partial charge is 0.220 e. The zero-order valence-corrected chi connectivity index (χ0v) is 14.8. The van der Waals surface area contributed by atoms with E-state index in [4.69, 9.17) is 4.74 Å². The normalized spacial score (nSPS) is 11.9. The Morgan fingerprint density at radius 2 is 1.80 bits per heavy atom. The molecule has 0 radical (unpaired) electrons. The summed E-state index contributed by atoms with van der Waals surface area (Å²) in [6, 6.07) is 17.0. The lowest BCUT2D eigenvalue weighted by molar-refractivity contribution is -0.122. The van der Waals surface area contributed by atoms with E-state index in [9.17, 15) is 9.90 Å². The van der Waals surface area contributed by atoms with Crippen molar-refractivity contribution >= 4 is 5.91 Å². The number of aryl methyl sites for hydroxylation is 1. The fourth-order valence-corrected chi connectivity index (χ4v) is 2.64. The molecule has 2 aromatic rings. The van der Waals surface area contributed by atoms with Gasteiger partial charge >= 0.3 is 0 Å². The van der Waals surface area contributed by atoms with Gasteiger partial charge in [-0.3, -0.25) is 4.79 Å². The molecule has 134 valence electrons. The van der Waals surface area contributed by atoms with Crippen LogP contribution in [-0.4, -0.2) is 30.3 Å². The van der Waals surface area contributed by atoms with Crippen molar-refractivity contribution in [3.05, 3.63) is 65.7 Å². The number of amides is 1. The van der Waals surface area contributed by atoms with Gasteiger partial charge < -0.3 is 15.2 Å². The van der Waals surface area contributed by atoms with Gasteiger partial charge in [0.05, 0.1) is 12.6 Å². The molecule has 4 heteroatoms. The highest BCUT2D eigenvalue weighted by atomic mass is 16.5. The van der Waals surface area contributed by atoms with Crippen LogP contribution in [0.5, 0.6) is 5.75 Å². The van der Waals surface area contributed by atoms with E-state index in [0.29, 0.717) is 26.1 Å². The molecule has 1 unspecified atom stereocenters. The number of phenolic OH excluding ortho intramolecular Hbond substituents is 1. The topological polar surface area (TPSA) is 58.6 Å². The third kappa shape index (κ3) is 7.40. The highest BCUT2D eigenvalue weighted by Crippen LogP contribution is 2.12. The van der Waals surface area contributed by atoms with Crippen LogP contribution in [0.2, 0.25) is 0 Å². The number of hydrogen-bond donors (Lipinski definition) is 2. The molecule has 0 fully saturated rings. The first-order valence-electron chi connectivity index (χ1n) is 8.86.